The number of hydrogen-bond acceptors (Lipinski definition) is 3. The van der Waals surface area contributed by atoms with Crippen LogP contribution in [-0.2, 0) is 0 Å². The quantitative estimate of drug-likeness (QED) is 0.689. The fourth-order valence-electron chi connectivity index (χ4n) is 2.14. The molecule has 19 heavy (non-hydrogen) atoms. The molecular formula is C14H9BrN2O2. The third-order valence-electron chi connectivity index (χ3n) is 3.09. The summed E-state index contributed by atoms with van der Waals surface area (Å²) in [6.45, 7) is 0.286. The monoisotopic (exact) mass is 316 g/mol. The minimum absolute atomic E-state index is 0.286. The number of halogens is 1. The molecular weight excluding hydrogens is 308 g/mol. The van der Waals surface area contributed by atoms with Crippen LogP contribution >= 0.6 is 15.9 Å². The van der Waals surface area contributed by atoms with Gasteiger partial charge in [0.05, 0.1) is 11.2 Å². The maximum absolute atomic E-state index is 5.37. The van der Waals surface area contributed by atoms with Crippen LogP contribution in [0.3, 0.4) is 0 Å². The van der Waals surface area contributed by atoms with Gasteiger partial charge in [-0.3, -0.25) is 0 Å². The van der Waals surface area contributed by atoms with Crippen molar-refractivity contribution < 1.29 is 9.47 Å². The van der Waals surface area contributed by atoms with Crippen molar-refractivity contribution in [2.45, 2.75) is 0 Å². The second-order valence-corrected chi connectivity index (χ2v) is 5.23. The number of nitrogens with zero attached hydrogens (tertiary/aromatic N) is 2. The molecule has 0 unspecified atom stereocenters. The summed E-state index contributed by atoms with van der Waals surface area (Å²) in [6.07, 6.45) is 1.99. The second-order valence-electron chi connectivity index (χ2n) is 4.31. The standard InChI is InChI=1S/C14H9BrN2O2/c15-10-1-3-11(4-2-10)17-7-9-5-13-14(19-8-18-13)6-12(9)16-17/h1-7H,8H2. The third kappa shape index (κ3) is 1.77. The summed E-state index contributed by atoms with van der Waals surface area (Å²) < 4.78 is 13.6. The van der Waals surface area contributed by atoms with Gasteiger partial charge in [-0.2, -0.15) is 5.10 Å². The maximum Gasteiger partial charge on any atom is 0.231 e. The highest BCUT2D eigenvalue weighted by Gasteiger charge is 2.15. The first kappa shape index (κ1) is 10.9. The fraction of sp³-hybridized carbons (Fsp3) is 0.0714. The lowest BCUT2D eigenvalue weighted by atomic mass is 10.2. The summed E-state index contributed by atoms with van der Waals surface area (Å²) in [5.74, 6) is 1.54. The third-order valence-corrected chi connectivity index (χ3v) is 3.62. The number of rotatable bonds is 1. The Morgan fingerprint density at radius 3 is 2.58 bits per heavy atom. The van der Waals surface area contributed by atoms with Crippen molar-refractivity contribution in [1.82, 2.24) is 9.78 Å². The van der Waals surface area contributed by atoms with Crippen LogP contribution < -0.4 is 9.47 Å². The van der Waals surface area contributed by atoms with E-state index in [9.17, 15) is 0 Å². The van der Waals surface area contributed by atoms with E-state index in [1.165, 1.54) is 0 Å². The Hall–Kier alpha value is -2.01. The number of benzene rings is 2. The van der Waals surface area contributed by atoms with Crippen molar-refractivity contribution in [3.8, 4) is 17.2 Å². The van der Waals surface area contributed by atoms with Gasteiger partial charge in [0.1, 0.15) is 0 Å². The first-order valence-corrected chi connectivity index (χ1v) is 6.64. The topological polar surface area (TPSA) is 36.3 Å². The van der Waals surface area contributed by atoms with Crippen LogP contribution in [0.1, 0.15) is 0 Å². The Morgan fingerprint density at radius 2 is 1.79 bits per heavy atom. The molecule has 1 aliphatic heterocycles. The van der Waals surface area contributed by atoms with Crippen molar-refractivity contribution in [3.05, 3.63) is 47.1 Å². The molecule has 0 saturated heterocycles. The molecule has 1 aromatic heterocycles. The molecule has 2 heterocycles. The van der Waals surface area contributed by atoms with Crippen LogP contribution in [0, 0.1) is 0 Å². The minimum atomic E-state index is 0.286. The normalized spacial score (nSPS) is 13.1. The lowest BCUT2D eigenvalue weighted by Gasteiger charge is -1.99. The van der Waals surface area contributed by atoms with Gasteiger partial charge in [-0.25, -0.2) is 4.68 Å². The van der Waals surface area contributed by atoms with Crippen molar-refractivity contribution >= 4 is 26.8 Å². The van der Waals surface area contributed by atoms with Gasteiger partial charge in [0.25, 0.3) is 0 Å². The number of hydrogen-bond donors (Lipinski definition) is 0. The molecule has 1 aliphatic rings. The van der Waals surface area contributed by atoms with E-state index in [1.54, 1.807) is 0 Å². The molecule has 94 valence electrons. The molecule has 0 radical (unpaired) electrons. The Morgan fingerprint density at radius 1 is 1.05 bits per heavy atom. The molecule has 0 amide bonds. The Kier molecular flexibility index (Phi) is 2.29. The molecule has 0 fully saturated rings. The summed E-state index contributed by atoms with van der Waals surface area (Å²) in [7, 11) is 0. The van der Waals surface area contributed by atoms with E-state index in [-0.39, 0.29) is 6.79 Å². The van der Waals surface area contributed by atoms with Crippen LogP contribution in [0.5, 0.6) is 11.5 Å². The van der Waals surface area contributed by atoms with Crippen LogP contribution in [-0.4, -0.2) is 16.6 Å². The summed E-state index contributed by atoms with van der Waals surface area (Å²) in [4.78, 5) is 0. The van der Waals surface area contributed by atoms with Gasteiger partial charge < -0.3 is 9.47 Å². The molecule has 2 aromatic carbocycles. The van der Waals surface area contributed by atoms with E-state index in [0.717, 1.165) is 32.6 Å². The molecule has 4 rings (SSSR count). The molecule has 4 nitrogen and oxygen atoms in total. The first-order valence-electron chi connectivity index (χ1n) is 5.84. The zero-order valence-electron chi connectivity index (χ0n) is 9.84. The smallest absolute Gasteiger partial charge is 0.231 e. The molecule has 0 bridgehead atoms. The van der Waals surface area contributed by atoms with E-state index in [0.29, 0.717) is 0 Å². The van der Waals surface area contributed by atoms with Crippen LogP contribution in [0.25, 0.3) is 16.6 Å². The molecule has 0 atom stereocenters. The van der Waals surface area contributed by atoms with Crippen LogP contribution in [0.2, 0.25) is 0 Å². The average molecular weight is 317 g/mol. The molecule has 0 spiro atoms. The van der Waals surface area contributed by atoms with E-state index >= 15 is 0 Å². The summed E-state index contributed by atoms with van der Waals surface area (Å²) in [5, 5.41) is 5.59. The van der Waals surface area contributed by atoms with E-state index in [1.807, 2.05) is 47.3 Å². The summed E-state index contributed by atoms with van der Waals surface area (Å²) in [5.41, 5.74) is 1.91. The predicted molar refractivity (Wildman–Crippen MR) is 74.9 cm³/mol. The maximum atomic E-state index is 5.37. The molecule has 5 heteroatoms. The molecule has 0 aliphatic carbocycles. The Labute approximate surface area is 117 Å². The number of aromatic nitrogens is 2. The van der Waals surface area contributed by atoms with E-state index in [2.05, 4.69) is 21.0 Å². The van der Waals surface area contributed by atoms with Crippen LogP contribution in [0.15, 0.2) is 47.1 Å². The second kappa shape index (κ2) is 3.99. The lowest BCUT2D eigenvalue weighted by molar-refractivity contribution is 0.174. The largest absolute Gasteiger partial charge is 0.454 e. The van der Waals surface area contributed by atoms with Gasteiger partial charge in [0, 0.05) is 22.1 Å². The van der Waals surface area contributed by atoms with Crippen molar-refractivity contribution in [3.63, 3.8) is 0 Å². The number of fused-ring (bicyclic) bond motifs is 2. The van der Waals surface area contributed by atoms with Gasteiger partial charge in [0.15, 0.2) is 11.5 Å². The van der Waals surface area contributed by atoms with Crippen molar-refractivity contribution in [2.24, 2.45) is 0 Å². The fourth-order valence-corrected chi connectivity index (χ4v) is 2.40. The Balaban J connectivity index is 1.86. The van der Waals surface area contributed by atoms with Crippen molar-refractivity contribution in [2.75, 3.05) is 6.79 Å². The van der Waals surface area contributed by atoms with E-state index in [4.69, 9.17) is 9.47 Å². The number of ether oxygens (including phenoxy) is 2. The van der Waals surface area contributed by atoms with Gasteiger partial charge in [-0.05, 0) is 30.3 Å². The predicted octanol–water partition coefficient (Wildman–Crippen LogP) is 3.52. The lowest BCUT2D eigenvalue weighted by Crippen LogP contribution is -1.94. The minimum Gasteiger partial charge on any atom is -0.454 e. The van der Waals surface area contributed by atoms with Gasteiger partial charge in [-0.15, -0.1) is 0 Å². The average Bonchev–Trinajstić information content (AvgIpc) is 3.01. The zero-order chi connectivity index (χ0) is 12.8. The molecule has 3 aromatic rings. The summed E-state index contributed by atoms with van der Waals surface area (Å²) >= 11 is 3.43. The molecule has 0 N–H and O–H groups in total. The first-order chi connectivity index (χ1) is 9.29. The van der Waals surface area contributed by atoms with Gasteiger partial charge in [0.2, 0.25) is 6.79 Å². The Bertz CT molecular complexity index is 724. The highest BCUT2D eigenvalue weighted by molar-refractivity contribution is 9.10. The van der Waals surface area contributed by atoms with E-state index < -0.39 is 0 Å². The zero-order valence-corrected chi connectivity index (χ0v) is 11.4. The van der Waals surface area contributed by atoms with Gasteiger partial charge >= 0.3 is 0 Å². The highest BCUT2D eigenvalue weighted by atomic mass is 79.9. The molecule has 0 saturated carbocycles. The van der Waals surface area contributed by atoms with Crippen LogP contribution in [0.4, 0.5) is 0 Å². The van der Waals surface area contributed by atoms with Gasteiger partial charge in [-0.1, -0.05) is 15.9 Å². The highest BCUT2D eigenvalue weighted by Crippen LogP contribution is 2.35. The summed E-state index contributed by atoms with van der Waals surface area (Å²) in [6, 6.07) is 11.9. The SMILES string of the molecule is Brc1ccc(-n2cc3cc4c(cc3n2)OCO4)cc1. The van der Waals surface area contributed by atoms with Crippen molar-refractivity contribution in [1.29, 1.82) is 0 Å².